The van der Waals surface area contributed by atoms with Crippen LogP contribution in [0.4, 0.5) is 0 Å². The Morgan fingerprint density at radius 3 is 2.41 bits per heavy atom. The van der Waals surface area contributed by atoms with Gasteiger partial charge in [0, 0.05) is 9.95 Å². The van der Waals surface area contributed by atoms with Crippen molar-refractivity contribution < 1.29 is 14.8 Å². The molecule has 0 heterocycles. The van der Waals surface area contributed by atoms with Crippen LogP contribution in [0.1, 0.15) is 18.4 Å². The van der Waals surface area contributed by atoms with Crippen molar-refractivity contribution in [3.63, 3.8) is 0 Å². The van der Waals surface area contributed by atoms with Crippen LogP contribution in [-0.4, -0.2) is 28.5 Å². The van der Waals surface area contributed by atoms with E-state index in [9.17, 15) is 20.0 Å². The van der Waals surface area contributed by atoms with E-state index in [-0.39, 0.29) is 0 Å². The molecule has 1 N–H and O–H groups in total. The Bertz CT molecular complexity index is 418. The predicted octanol–water partition coefficient (Wildman–Crippen LogP) is 1.65. The van der Waals surface area contributed by atoms with Gasteiger partial charge in [0.05, 0.1) is 5.92 Å². The van der Waals surface area contributed by atoms with Gasteiger partial charge in [0.15, 0.2) is 5.78 Å². The van der Waals surface area contributed by atoms with Crippen LogP contribution in [0.2, 0.25) is 5.02 Å². The minimum absolute atomic E-state index is 0.492. The lowest BCUT2D eigenvalue weighted by Crippen LogP contribution is -2.30. The number of aliphatic hydroxyl groups is 1. The number of benzene rings is 1. The third kappa shape index (κ3) is 3.80. The smallest absolute Gasteiger partial charge is 0.213 e. The second-order valence-corrected chi connectivity index (χ2v) is 4.17. The molecule has 0 fully saturated rings. The van der Waals surface area contributed by atoms with Gasteiger partial charge in [-0.2, -0.15) is 0 Å². The number of aliphatic hydroxyl groups excluding tert-OH is 1. The van der Waals surface area contributed by atoms with Crippen molar-refractivity contribution in [2.75, 3.05) is 6.54 Å². The maximum Gasteiger partial charge on any atom is 0.213 e. The van der Waals surface area contributed by atoms with Gasteiger partial charge in [-0.05, 0) is 24.6 Å². The molecular formula is C11H12ClNO4. The number of nitro groups is 1. The highest BCUT2D eigenvalue weighted by atomic mass is 35.5. The Kier molecular flexibility index (Phi) is 4.60. The fourth-order valence-corrected chi connectivity index (χ4v) is 1.67. The van der Waals surface area contributed by atoms with Crippen LogP contribution in [0.3, 0.4) is 0 Å². The third-order valence-corrected chi connectivity index (χ3v) is 2.69. The van der Waals surface area contributed by atoms with Crippen molar-refractivity contribution in [1.29, 1.82) is 0 Å². The highest BCUT2D eigenvalue weighted by Crippen LogP contribution is 2.22. The van der Waals surface area contributed by atoms with Crippen LogP contribution in [0, 0.1) is 10.1 Å². The average Bonchev–Trinajstić information content (AvgIpc) is 2.26. The third-order valence-electron chi connectivity index (χ3n) is 2.44. The van der Waals surface area contributed by atoms with E-state index in [1.807, 2.05) is 0 Å². The van der Waals surface area contributed by atoms with Gasteiger partial charge in [0.1, 0.15) is 6.10 Å². The number of nitrogens with zero attached hydrogens (tertiary/aromatic N) is 1. The molecule has 2 atom stereocenters. The molecule has 0 unspecified atom stereocenters. The van der Waals surface area contributed by atoms with Crippen LogP contribution >= 0.6 is 11.6 Å². The minimum atomic E-state index is -1.37. The summed E-state index contributed by atoms with van der Waals surface area (Å²) in [6.07, 6.45) is -1.37. The first kappa shape index (κ1) is 13.6. The standard InChI is InChI=1S/C11H12ClNO4/c1-7(14)11(15)10(6-13(16)17)8-2-4-9(12)5-3-8/h2-5,10-11,15H,6H2,1H3/t10-,11-/m0/s1. The highest BCUT2D eigenvalue weighted by molar-refractivity contribution is 6.30. The summed E-state index contributed by atoms with van der Waals surface area (Å²) in [6.45, 7) is 0.704. The minimum Gasteiger partial charge on any atom is -0.384 e. The Labute approximate surface area is 103 Å². The number of Topliss-reactive ketones (excluding diaryl/α,β-unsaturated/α-hetero) is 1. The number of halogens is 1. The van der Waals surface area contributed by atoms with Gasteiger partial charge in [0.2, 0.25) is 6.54 Å². The van der Waals surface area contributed by atoms with Gasteiger partial charge < -0.3 is 5.11 Å². The summed E-state index contributed by atoms with van der Waals surface area (Å²) in [6, 6.07) is 6.28. The van der Waals surface area contributed by atoms with E-state index < -0.39 is 29.3 Å². The van der Waals surface area contributed by atoms with Crippen molar-refractivity contribution in [2.45, 2.75) is 18.9 Å². The first-order valence-electron chi connectivity index (χ1n) is 4.97. The van der Waals surface area contributed by atoms with Crippen molar-refractivity contribution in [2.24, 2.45) is 0 Å². The zero-order valence-electron chi connectivity index (χ0n) is 9.17. The molecule has 0 spiro atoms. The molecule has 1 aromatic carbocycles. The molecule has 0 radical (unpaired) electrons. The molecule has 0 aliphatic carbocycles. The zero-order chi connectivity index (χ0) is 13.0. The van der Waals surface area contributed by atoms with Crippen LogP contribution in [0.25, 0.3) is 0 Å². The van der Waals surface area contributed by atoms with Gasteiger partial charge >= 0.3 is 0 Å². The summed E-state index contributed by atoms with van der Waals surface area (Å²) in [7, 11) is 0. The lowest BCUT2D eigenvalue weighted by molar-refractivity contribution is -0.484. The van der Waals surface area contributed by atoms with E-state index in [1.54, 1.807) is 24.3 Å². The lowest BCUT2D eigenvalue weighted by atomic mass is 9.91. The fourth-order valence-electron chi connectivity index (χ4n) is 1.54. The van der Waals surface area contributed by atoms with Crippen LogP contribution < -0.4 is 0 Å². The molecule has 0 aliphatic heterocycles. The normalized spacial score (nSPS) is 14.1. The van der Waals surface area contributed by atoms with Crippen molar-refractivity contribution in [3.8, 4) is 0 Å². The molecule has 92 valence electrons. The van der Waals surface area contributed by atoms with Crippen molar-refractivity contribution in [1.82, 2.24) is 0 Å². The highest BCUT2D eigenvalue weighted by Gasteiger charge is 2.29. The Hall–Kier alpha value is -1.46. The quantitative estimate of drug-likeness (QED) is 0.642. The van der Waals surface area contributed by atoms with Crippen LogP contribution in [0.5, 0.6) is 0 Å². The predicted molar refractivity (Wildman–Crippen MR) is 62.7 cm³/mol. The van der Waals surface area contributed by atoms with Crippen LogP contribution in [-0.2, 0) is 4.79 Å². The van der Waals surface area contributed by atoms with Gasteiger partial charge in [-0.3, -0.25) is 14.9 Å². The molecule has 6 heteroatoms. The van der Waals surface area contributed by atoms with Gasteiger partial charge in [-0.25, -0.2) is 0 Å². The van der Waals surface area contributed by atoms with Gasteiger partial charge in [0.25, 0.3) is 0 Å². The topological polar surface area (TPSA) is 80.4 Å². The Balaban J connectivity index is 3.01. The summed E-state index contributed by atoms with van der Waals surface area (Å²) in [4.78, 5) is 21.1. The number of carbonyl (C=O) groups is 1. The largest absolute Gasteiger partial charge is 0.384 e. The first-order chi connectivity index (χ1) is 7.91. The van der Waals surface area contributed by atoms with E-state index in [0.29, 0.717) is 10.6 Å². The monoisotopic (exact) mass is 257 g/mol. The summed E-state index contributed by atoms with van der Waals surface area (Å²) in [5.41, 5.74) is 0.522. The summed E-state index contributed by atoms with van der Waals surface area (Å²) >= 11 is 5.70. The number of hydrogen-bond acceptors (Lipinski definition) is 4. The summed E-state index contributed by atoms with van der Waals surface area (Å²) < 4.78 is 0. The molecule has 0 bridgehead atoms. The Morgan fingerprint density at radius 2 is 2.00 bits per heavy atom. The molecule has 5 nitrogen and oxygen atoms in total. The zero-order valence-corrected chi connectivity index (χ0v) is 9.92. The molecule has 0 saturated carbocycles. The molecule has 17 heavy (non-hydrogen) atoms. The molecule has 0 amide bonds. The fraction of sp³-hybridized carbons (Fsp3) is 0.364. The molecule has 0 aromatic heterocycles. The molecular weight excluding hydrogens is 246 g/mol. The van der Waals surface area contributed by atoms with E-state index in [0.717, 1.165) is 0 Å². The Morgan fingerprint density at radius 1 is 1.47 bits per heavy atom. The first-order valence-corrected chi connectivity index (χ1v) is 5.35. The molecule has 0 aliphatic rings. The number of ketones is 1. The number of carbonyl (C=O) groups excluding carboxylic acids is 1. The number of rotatable bonds is 5. The van der Waals surface area contributed by atoms with Gasteiger partial charge in [-0.1, -0.05) is 23.7 Å². The van der Waals surface area contributed by atoms with Crippen molar-refractivity contribution in [3.05, 3.63) is 45.0 Å². The van der Waals surface area contributed by atoms with E-state index >= 15 is 0 Å². The summed E-state index contributed by atoms with van der Waals surface area (Å²) in [5, 5.41) is 20.7. The maximum absolute atomic E-state index is 11.1. The molecule has 0 saturated heterocycles. The SMILES string of the molecule is CC(=O)[C@H](O)[C@@H](C[N+](=O)[O-])c1ccc(Cl)cc1. The molecule has 1 aromatic rings. The maximum atomic E-state index is 11.1. The van der Waals surface area contributed by atoms with Gasteiger partial charge in [-0.15, -0.1) is 0 Å². The number of hydrogen-bond donors (Lipinski definition) is 1. The average molecular weight is 258 g/mol. The lowest BCUT2D eigenvalue weighted by Gasteiger charge is -2.17. The second-order valence-electron chi connectivity index (χ2n) is 3.73. The molecule has 1 rings (SSSR count). The second kappa shape index (κ2) is 5.75. The van der Waals surface area contributed by atoms with E-state index in [1.165, 1.54) is 6.92 Å². The van der Waals surface area contributed by atoms with E-state index in [2.05, 4.69) is 0 Å². The van der Waals surface area contributed by atoms with Crippen LogP contribution in [0.15, 0.2) is 24.3 Å². The summed E-state index contributed by atoms with van der Waals surface area (Å²) in [5.74, 6) is -1.34. The van der Waals surface area contributed by atoms with E-state index in [4.69, 9.17) is 11.6 Å². The van der Waals surface area contributed by atoms with Crippen molar-refractivity contribution >= 4 is 17.4 Å².